The van der Waals surface area contributed by atoms with E-state index in [-0.39, 0.29) is 18.0 Å². The van der Waals surface area contributed by atoms with E-state index in [1.807, 2.05) is 26.0 Å². The van der Waals surface area contributed by atoms with E-state index < -0.39 is 0 Å². The Morgan fingerprint density at radius 1 is 1.18 bits per heavy atom. The molecule has 1 atom stereocenters. The lowest BCUT2D eigenvalue weighted by atomic mass is 10.1. The van der Waals surface area contributed by atoms with Crippen molar-refractivity contribution in [1.29, 1.82) is 0 Å². The van der Waals surface area contributed by atoms with Crippen LogP contribution >= 0.6 is 11.6 Å². The van der Waals surface area contributed by atoms with Gasteiger partial charge in [-0.25, -0.2) is 14.8 Å². The monoisotopic (exact) mass is 482 g/mol. The van der Waals surface area contributed by atoms with Gasteiger partial charge >= 0.3 is 6.09 Å². The van der Waals surface area contributed by atoms with Crippen molar-refractivity contribution in [2.75, 3.05) is 33.4 Å². The zero-order valence-electron chi connectivity index (χ0n) is 19.5. The average molecular weight is 483 g/mol. The van der Waals surface area contributed by atoms with Crippen LogP contribution in [0.25, 0.3) is 22.2 Å². The van der Waals surface area contributed by atoms with Crippen LogP contribution in [0.3, 0.4) is 0 Å². The molecule has 3 aromatic rings. The molecule has 0 N–H and O–H groups in total. The van der Waals surface area contributed by atoms with Gasteiger partial charge < -0.3 is 19.3 Å². The van der Waals surface area contributed by atoms with Crippen molar-refractivity contribution in [1.82, 2.24) is 19.8 Å². The van der Waals surface area contributed by atoms with Crippen LogP contribution in [0.2, 0.25) is 5.02 Å². The molecule has 2 amide bonds. The lowest BCUT2D eigenvalue weighted by Gasteiger charge is -2.39. The van der Waals surface area contributed by atoms with Gasteiger partial charge in [-0.1, -0.05) is 24.6 Å². The highest BCUT2D eigenvalue weighted by Crippen LogP contribution is 2.30. The van der Waals surface area contributed by atoms with Crippen LogP contribution in [0, 0.1) is 0 Å². The number of halogens is 1. The molecule has 34 heavy (non-hydrogen) atoms. The molecule has 0 aliphatic carbocycles. The van der Waals surface area contributed by atoms with Crippen molar-refractivity contribution in [2.24, 2.45) is 0 Å². The van der Waals surface area contributed by atoms with Crippen molar-refractivity contribution in [3.63, 3.8) is 0 Å². The van der Waals surface area contributed by atoms with Gasteiger partial charge in [-0.2, -0.15) is 0 Å². The van der Waals surface area contributed by atoms with Gasteiger partial charge in [0.15, 0.2) is 0 Å². The van der Waals surface area contributed by atoms with Crippen LogP contribution in [0.4, 0.5) is 4.79 Å². The number of pyridine rings is 2. The first-order valence-corrected chi connectivity index (χ1v) is 11.6. The zero-order chi connectivity index (χ0) is 24.2. The number of benzene rings is 1. The molecule has 8 nitrogen and oxygen atoms in total. The first kappa shape index (κ1) is 23.8. The summed E-state index contributed by atoms with van der Waals surface area (Å²) in [5, 5.41) is 1.31. The minimum atomic E-state index is -0.328. The van der Waals surface area contributed by atoms with Crippen molar-refractivity contribution >= 4 is 34.5 Å². The highest BCUT2D eigenvalue weighted by Gasteiger charge is 2.31. The molecule has 178 valence electrons. The predicted octanol–water partition coefficient (Wildman–Crippen LogP) is 4.65. The van der Waals surface area contributed by atoms with E-state index in [0.29, 0.717) is 53.9 Å². The van der Waals surface area contributed by atoms with Gasteiger partial charge in [0.05, 0.1) is 29.9 Å². The Morgan fingerprint density at radius 3 is 2.74 bits per heavy atom. The second-order valence-electron chi connectivity index (χ2n) is 8.22. The first-order valence-electron chi connectivity index (χ1n) is 11.2. The number of ether oxygens (including phenoxy) is 2. The van der Waals surface area contributed by atoms with Crippen molar-refractivity contribution in [2.45, 2.75) is 26.3 Å². The third-order valence-electron chi connectivity index (χ3n) is 5.82. The van der Waals surface area contributed by atoms with Gasteiger partial charge in [0.1, 0.15) is 0 Å². The summed E-state index contributed by atoms with van der Waals surface area (Å²) in [6.07, 6.45) is 2.09. The normalized spacial score (nSPS) is 15.9. The van der Waals surface area contributed by atoms with Crippen LogP contribution in [-0.2, 0) is 4.74 Å². The number of nitrogens with zero attached hydrogens (tertiary/aromatic N) is 4. The smallest absolute Gasteiger partial charge is 0.410 e. The number of hydrogen-bond donors (Lipinski definition) is 0. The maximum absolute atomic E-state index is 13.3. The number of carbonyl (C=O) groups is 2. The summed E-state index contributed by atoms with van der Waals surface area (Å²) in [5.74, 6) is 0.371. The number of amides is 2. The molecule has 3 heterocycles. The van der Waals surface area contributed by atoms with Gasteiger partial charge in [-0.05, 0) is 37.6 Å². The third kappa shape index (κ3) is 4.92. The summed E-state index contributed by atoms with van der Waals surface area (Å²) in [5.41, 5.74) is 2.62. The minimum absolute atomic E-state index is 0.107. The van der Waals surface area contributed by atoms with Crippen molar-refractivity contribution in [3.8, 4) is 17.1 Å². The second kappa shape index (κ2) is 10.3. The Kier molecular flexibility index (Phi) is 7.17. The highest BCUT2D eigenvalue weighted by molar-refractivity contribution is 6.35. The van der Waals surface area contributed by atoms with E-state index >= 15 is 0 Å². The van der Waals surface area contributed by atoms with E-state index in [2.05, 4.69) is 4.98 Å². The molecule has 9 heteroatoms. The summed E-state index contributed by atoms with van der Waals surface area (Å²) in [7, 11) is 1.56. The van der Waals surface area contributed by atoms with Gasteiger partial charge in [0, 0.05) is 54.5 Å². The quantitative estimate of drug-likeness (QED) is 0.526. The minimum Gasteiger partial charge on any atom is -0.481 e. The summed E-state index contributed by atoms with van der Waals surface area (Å²) >= 11 is 6.54. The molecule has 0 saturated carbocycles. The molecule has 4 rings (SSSR count). The lowest BCUT2D eigenvalue weighted by Crippen LogP contribution is -2.55. The molecule has 1 saturated heterocycles. The molecule has 1 aliphatic rings. The second-order valence-corrected chi connectivity index (χ2v) is 8.62. The van der Waals surface area contributed by atoms with E-state index in [1.165, 1.54) is 0 Å². The van der Waals surface area contributed by atoms with Crippen molar-refractivity contribution in [3.05, 3.63) is 53.2 Å². The molecule has 0 spiro atoms. The SMILES string of the molecule is CCCOC(=O)N1CCN(C(=O)c2ccc3c(Cl)cc(-c4ccnc(OC)c4)nc3c2)C[C@H]1C. The van der Waals surface area contributed by atoms with E-state index in [4.69, 9.17) is 26.1 Å². The maximum atomic E-state index is 13.3. The fraction of sp³-hybridized carbons (Fsp3) is 0.360. The van der Waals surface area contributed by atoms with Crippen LogP contribution in [0.1, 0.15) is 30.6 Å². The Hall–Kier alpha value is -3.39. The Morgan fingerprint density at radius 2 is 2.00 bits per heavy atom. The van der Waals surface area contributed by atoms with Crippen LogP contribution < -0.4 is 4.74 Å². The predicted molar refractivity (Wildman–Crippen MR) is 130 cm³/mol. The maximum Gasteiger partial charge on any atom is 0.410 e. The molecule has 1 fully saturated rings. The van der Waals surface area contributed by atoms with Crippen LogP contribution in [0.5, 0.6) is 5.88 Å². The molecule has 0 unspecified atom stereocenters. The number of rotatable bonds is 5. The van der Waals surface area contributed by atoms with Gasteiger partial charge in [0.25, 0.3) is 5.91 Å². The molecule has 1 aromatic carbocycles. The van der Waals surface area contributed by atoms with Gasteiger partial charge in [-0.3, -0.25) is 4.79 Å². The number of aromatic nitrogens is 2. The van der Waals surface area contributed by atoms with Crippen molar-refractivity contribution < 1.29 is 19.1 Å². The molecule has 0 radical (unpaired) electrons. The topological polar surface area (TPSA) is 84.9 Å². The molecular weight excluding hydrogens is 456 g/mol. The van der Waals surface area contributed by atoms with Crippen LogP contribution in [-0.4, -0.2) is 71.2 Å². The fourth-order valence-electron chi connectivity index (χ4n) is 4.02. The van der Waals surface area contributed by atoms with Gasteiger partial charge in [-0.15, -0.1) is 0 Å². The Labute approximate surface area is 203 Å². The summed E-state index contributed by atoms with van der Waals surface area (Å²) in [6.45, 7) is 5.57. The number of hydrogen-bond acceptors (Lipinski definition) is 6. The van der Waals surface area contributed by atoms with E-state index in [1.54, 1.807) is 47.4 Å². The Bertz CT molecular complexity index is 1220. The average Bonchev–Trinajstić information content (AvgIpc) is 2.86. The van der Waals surface area contributed by atoms with Gasteiger partial charge in [0.2, 0.25) is 5.88 Å². The van der Waals surface area contributed by atoms with E-state index in [9.17, 15) is 9.59 Å². The summed E-state index contributed by atoms with van der Waals surface area (Å²) < 4.78 is 10.5. The fourth-order valence-corrected chi connectivity index (χ4v) is 4.28. The number of carbonyl (C=O) groups excluding carboxylic acids is 2. The van der Waals surface area contributed by atoms with E-state index in [0.717, 1.165) is 17.4 Å². The highest BCUT2D eigenvalue weighted by atomic mass is 35.5. The zero-order valence-corrected chi connectivity index (χ0v) is 20.2. The van der Waals surface area contributed by atoms with Crippen LogP contribution in [0.15, 0.2) is 42.6 Å². The third-order valence-corrected chi connectivity index (χ3v) is 6.14. The number of methoxy groups -OCH3 is 1. The standard InChI is InChI=1S/C25H27ClN4O4/c1-4-11-34-25(32)30-10-9-29(15-16(30)2)24(31)18-5-6-19-20(26)14-21(28-22(19)12-18)17-7-8-27-23(13-17)33-3/h5-8,12-14,16H,4,9-11,15H2,1-3H3/t16-/m1/s1. The summed E-state index contributed by atoms with van der Waals surface area (Å²) in [4.78, 5) is 37.8. The molecule has 2 aromatic heterocycles. The molecule has 1 aliphatic heterocycles. The molecule has 0 bridgehead atoms. The number of fused-ring (bicyclic) bond motifs is 1. The first-order chi connectivity index (χ1) is 16.4. The lowest BCUT2D eigenvalue weighted by molar-refractivity contribution is 0.0412. The Balaban J connectivity index is 1.56. The largest absolute Gasteiger partial charge is 0.481 e. The summed E-state index contributed by atoms with van der Waals surface area (Å²) in [6, 6.07) is 10.6. The molecular formula is C25H27ClN4O4. The number of piperazine rings is 1.